The maximum Gasteiger partial charge on any atom is 0.205 e. The van der Waals surface area contributed by atoms with Crippen LogP contribution in [-0.4, -0.2) is 38.1 Å². The Morgan fingerprint density at radius 3 is 2.64 bits per heavy atom. The Morgan fingerprint density at radius 2 is 1.93 bits per heavy atom. The van der Waals surface area contributed by atoms with Gasteiger partial charge in [0.1, 0.15) is 9.71 Å². The standard InChI is InChI=1S/C21H21N3O3S/c1-26-15-4-3-12(9-16(15)27-2)19(25)20-17(22)13-10-14-18(23-21(13)28-20)11-5-7-24(14)8-6-11/h3-4,9-11H,5-8,22H2,1-2H3. The minimum absolute atomic E-state index is 0.122. The second-order valence-corrected chi connectivity index (χ2v) is 8.25. The van der Waals surface area contributed by atoms with E-state index in [4.69, 9.17) is 20.2 Å². The van der Waals surface area contributed by atoms with E-state index in [9.17, 15) is 4.79 Å². The molecule has 3 aromatic rings. The van der Waals surface area contributed by atoms with Crippen LogP contribution in [0.3, 0.4) is 0 Å². The molecule has 0 saturated carbocycles. The third-order valence-electron chi connectivity index (χ3n) is 5.80. The summed E-state index contributed by atoms with van der Waals surface area (Å²) in [6.45, 7) is 2.15. The molecule has 7 heteroatoms. The van der Waals surface area contributed by atoms with Gasteiger partial charge >= 0.3 is 0 Å². The number of pyridine rings is 1. The molecular weight excluding hydrogens is 374 g/mol. The maximum absolute atomic E-state index is 13.2. The summed E-state index contributed by atoms with van der Waals surface area (Å²) in [4.78, 5) is 21.8. The second kappa shape index (κ2) is 6.38. The van der Waals surface area contributed by atoms with Gasteiger partial charge in [-0.1, -0.05) is 0 Å². The zero-order chi connectivity index (χ0) is 19.4. The number of carbonyl (C=O) groups is 1. The maximum atomic E-state index is 13.2. The Balaban J connectivity index is 1.60. The number of hydrogen-bond donors (Lipinski definition) is 1. The van der Waals surface area contributed by atoms with Crippen LogP contribution in [0.4, 0.5) is 11.4 Å². The van der Waals surface area contributed by atoms with Gasteiger partial charge in [-0.25, -0.2) is 4.98 Å². The predicted octanol–water partition coefficient (Wildman–Crippen LogP) is 3.82. The van der Waals surface area contributed by atoms with E-state index in [1.54, 1.807) is 32.4 Å². The summed E-state index contributed by atoms with van der Waals surface area (Å²) in [7, 11) is 3.12. The van der Waals surface area contributed by atoms with Crippen molar-refractivity contribution in [2.45, 2.75) is 18.8 Å². The fraction of sp³-hybridized carbons (Fsp3) is 0.333. The van der Waals surface area contributed by atoms with E-state index in [1.807, 2.05) is 0 Å². The topological polar surface area (TPSA) is 77.7 Å². The van der Waals surface area contributed by atoms with Crippen molar-refractivity contribution in [1.82, 2.24) is 4.98 Å². The van der Waals surface area contributed by atoms with E-state index in [1.165, 1.54) is 17.0 Å². The van der Waals surface area contributed by atoms with Crippen LogP contribution in [0.15, 0.2) is 24.3 Å². The van der Waals surface area contributed by atoms with Crippen molar-refractivity contribution in [2.75, 3.05) is 37.9 Å². The first-order valence-corrected chi connectivity index (χ1v) is 10.2. The van der Waals surface area contributed by atoms with Crippen molar-refractivity contribution >= 4 is 38.7 Å². The number of nitrogen functional groups attached to an aromatic ring is 1. The number of hydrogen-bond acceptors (Lipinski definition) is 7. The molecule has 0 amide bonds. The number of ether oxygens (including phenoxy) is 2. The number of rotatable bonds is 4. The number of aromatic nitrogens is 1. The number of fused-ring (bicyclic) bond motifs is 3. The molecular formula is C21H21N3O3S. The number of nitrogens with two attached hydrogens (primary N) is 1. The van der Waals surface area contributed by atoms with Crippen molar-refractivity contribution in [3.63, 3.8) is 0 Å². The highest BCUT2D eigenvalue weighted by Crippen LogP contribution is 2.45. The molecule has 0 radical (unpaired) electrons. The largest absolute Gasteiger partial charge is 0.493 e. The highest BCUT2D eigenvalue weighted by molar-refractivity contribution is 7.21. The van der Waals surface area contributed by atoms with Gasteiger partial charge in [-0.2, -0.15) is 0 Å². The number of piperidine rings is 1. The van der Waals surface area contributed by atoms with E-state index in [0.29, 0.717) is 33.5 Å². The highest BCUT2D eigenvalue weighted by atomic mass is 32.1. The molecule has 2 N–H and O–H groups in total. The Bertz CT molecular complexity index is 1100. The normalized spacial score (nSPS) is 15.7. The van der Waals surface area contributed by atoms with Crippen molar-refractivity contribution in [2.24, 2.45) is 0 Å². The molecule has 3 aliphatic heterocycles. The number of nitrogens with zero attached hydrogens (tertiary/aromatic N) is 2. The Labute approximate surface area is 166 Å². The number of methoxy groups -OCH3 is 2. The number of ketones is 1. The minimum Gasteiger partial charge on any atom is -0.493 e. The monoisotopic (exact) mass is 395 g/mol. The van der Waals surface area contributed by atoms with Gasteiger partial charge < -0.3 is 20.1 Å². The molecule has 1 saturated heterocycles. The Morgan fingerprint density at radius 1 is 1.18 bits per heavy atom. The van der Waals surface area contributed by atoms with E-state index in [-0.39, 0.29) is 5.78 Å². The van der Waals surface area contributed by atoms with Crippen molar-refractivity contribution < 1.29 is 14.3 Å². The average Bonchev–Trinajstić information content (AvgIpc) is 3.08. The predicted molar refractivity (Wildman–Crippen MR) is 111 cm³/mol. The fourth-order valence-electron chi connectivity index (χ4n) is 4.27. The summed E-state index contributed by atoms with van der Waals surface area (Å²) in [6, 6.07) is 7.28. The fourth-order valence-corrected chi connectivity index (χ4v) is 5.32. The summed E-state index contributed by atoms with van der Waals surface area (Å²) < 4.78 is 10.6. The van der Waals surface area contributed by atoms with Gasteiger partial charge in [0.05, 0.1) is 31.3 Å². The molecule has 0 atom stereocenters. The third kappa shape index (κ3) is 2.46. The van der Waals surface area contributed by atoms with Gasteiger partial charge in [0.15, 0.2) is 11.5 Å². The first-order valence-electron chi connectivity index (χ1n) is 9.35. The molecule has 2 aromatic heterocycles. The molecule has 3 aliphatic rings. The van der Waals surface area contributed by atoms with E-state index >= 15 is 0 Å². The van der Waals surface area contributed by atoms with Crippen LogP contribution in [0.1, 0.15) is 39.7 Å². The summed E-state index contributed by atoms with van der Waals surface area (Å²) in [5, 5.41) is 0.875. The molecule has 1 aromatic carbocycles. The summed E-state index contributed by atoms with van der Waals surface area (Å²) >= 11 is 1.37. The van der Waals surface area contributed by atoms with Gasteiger partial charge in [-0.15, -0.1) is 11.3 Å². The van der Waals surface area contributed by atoms with E-state index in [2.05, 4.69) is 11.0 Å². The van der Waals surface area contributed by atoms with Crippen LogP contribution in [0, 0.1) is 0 Å². The molecule has 144 valence electrons. The first-order chi connectivity index (χ1) is 13.6. The molecule has 0 aliphatic carbocycles. The van der Waals surface area contributed by atoms with Crippen LogP contribution in [0.25, 0.3) is 10.2 Å². The molecule has 5 heterocycles. The molecule has 6 nitrogen and oxygen atoms in total. The molecule has 0 unspecified atom stereocenters. The number of anilines is 2. The van der Waals surface area contributed by atoms with Gasteiger partial charge in [0.25, 0.3) is 0 Å². The molecule has 2 bridgehead atoms. The number of thiophene rings is 1. The number of benzene rings is 1. The molecule has 0 spiro atoms. The average molecular weight is 395 g/mol. The lowest BCUT2D eigenvalue weighted by Crippen LogP contribution is -2.39. The lowest BCUT2D eigenvalue weighted by atomic mass is 9.86. The Hall–Kier alpha value is -2.80. The van der Waals surface area contributed by atoms with Crippen molar-refractivity contribution in [3.05, 3.63) is 40.4 Å². The summed E-state index contributed by atoms with van der Waals surface area (Å²) in [5.41, 5.74) is 9.79. The van der Waals surface area contributed by atoms with Gasteiger partial charge in [-0.3, -0.25) is 4.79 Å². The smallest absolute Gasteiger partial charge is 0.205 e. The van der Waals surface area contributed by atoms with Crippen LogP contribution in [0.2, 0.25) is 0 Å². The van der Waals surface area contributed by atoms with E-state index in [0.717, 1.165) is 41.8 Å². The zero-order valence-corrected chi connectivity index (χ0v) is 16.6. The molecule has 28 heavy (non-hydrogen) atoms. The van der Waals surface area contributed by atoms with Crippen LogP contribution >= 0.6 is 11.3 Å². The quantitative estimate of drug-likeness (QED) is 0.677. The lowest BCUT2D eigenvalue weighted by molar-refractivity contribution is 0.104. The van der Waals surface area contributed by atoms with Gasteiger partial charge in [0, 0.05) is 30.0 Å². The second-order valence-electron chi connectivity index (χ2n) is 7.25. The Kier molecular flexibility index (Phi) is 3.94. The summed E-state index contributed by atoms with van der Waals surface area (Å²) in [5.74, 6) is 1.51. The van der Waals surface area contributed by atoms with E-state index < -0.39 is 0 Å². The van der Waals surface area contributed by atoms with Crippen LogP contribution in [-0.2, 0) is 0 Å². The third-order valence-corrected chi connectivity index (χ3v) is 6.92. The SMILES string of the molecule is COc1ccc(C(=O)c2sc3nc4c(cc3c2N)N2CCC4CC2)cc1OC. The first kappa shape index (κ1) is 17.3. The van der Waals surface area contributed by atoms with Crippen LogP contribution < -0.4 is 20.1 Å². The summed E-state index contributed by atoms with van der Waals surface area (Å²) in [6.07, 6.45) is 2.31. The zero-order valence-electron chi connectivity index (χ0n) is 15.8. The number of carbonyl (C=O) groups excluding carboxylic acids is 1. The van der Waals surface area contributed by atoms with Gasteiger partial charge in [-0.05, 0) is 37.1 Å². The molecule has 1 fully saturated rings. The van der Waals surface area contributed by atoms with Crippen molar-refractivity contribution in [3.8, 4) is 11.5 Å². The van der Waals surface area contributed by atoms with Crippen LogP contribution in [0.5, 0.6) is 11.5 Å². The highest BCUT2D eigenvalue weighted by Gasteiger charge is 2.33. The molecule has 6 rings (SSSR count). The van der Waals surface area contributed by atoms with Gasteiger partial charge in [0.2, 0.25) is 5.78 Å². The lowest BCUT2D eigenvalue weighted by Gasteiger charge is -2.41. The van der Waals surface area contributed by atoms with Crippen molar-refractivity contribution in [1.29, 1.82) is 0 Å². The minimum atomic E-state index is -0.122.